The smallest absolute Gasteiger partial charge is 0.219 e. The Morgan fingerprint density at radius 2 is 1.15 bits per heavy atom. The monoisotopic (exact) mass is 689 g/mol. The fourth-order valence-electron chi connectivity index (χ4n) is 7.66. The van der Waals surface area contributed by atoms with Crippen LogP contribution in [0.5, 0.6) is 5.75 Å². The van der Waals surface area contributed by atoms with Gasteiger partial charge in [-0.3, -0.25) is 4.79 Å². The summed E-state index contributed by atoms with van der Waals surface area (Å²) < 4.78 is 7.78. The highest BCUT2D eigenvalue weighted by molar-refractivity contribution is 6.32. The van der Waals surface area contributed by atoms with Crippen molar-refractivity contribution in [3.05, 3.63) is 198 Å². The van der Waals surface area contributed by atoms with Crippen LogP contribution in [0, 0.1) is 0 Å². The molecule has 53 heavy (non-hydrogen) atoms. The zero-order chi connectivity index (χ0) is 36.5. The van der Waals surface area contributed by atoms with E-state index >= 15 is 0 Å². The molecule has 2 aliphatic rings. The van der Waals surface area contributed by atoms with Crippen molar-refractivity contribution < 1.29 is 14.1 Å². The van der Waals surface area contributed by atoms with Gasteiger partial charge in [-0.15, -0.1) is 0 Å². The van der Waals surface area contributed by atoms with Crippen molar-refractivity contribution in [1.29, 1.82) is 0 Å². The van der Waals surface area contributed by atoms with Gasteiger partial charge >= 0.3 is 0 Å². The Morgan fingerprint density at radius 3 is 1.72 bits per heavy atom. The third kappa shape index (κ3) is 6.23. The van der Waals surface area contributed by atoms with Crippen LogP contribution in [0.4, 0.5) is 5.69 Å². The van der Waals surface area contributed by atoms with E-state index < -0.39 is 0 Å². The van der Waals surface area contributed by atoms with Crippen LogP contribution in [-0.2, 0) is 10.2 Å². The van der Waals surface area contributed by atoms with Gasteiger partial charge in [0.15, 0.2) is 5.78 Å². The lowest BCUT2D eigenvalue weighted by molar-refractivity contribution is -0.554. The molecule has 5 aromatic carbocycles. The van der Waals surface area contributed by atoms with Gasteiger partial charge in [-0.2, -0.15) is 4.57 Å². The maximum absolute atomic E-state index is 14.5. The van der Waals surface area contributed by atoms with E-state index in [1.54, 1.807) is 7.11 Å². The van der Waals surface area contributed by atoms with Crippen LogP contribution in [0.1, 0.15) is 25.0 Å². The Hall–Kier alpha value is -6.52. The molecule has 0 amide bonds. The number of aromatic nitrogens is 1. The van der Waals surface area contributed by atoms with Crippen LogP contribution in [-0.4, -0.2) is 19.9 Å². The number of benzene rings is 5. The van der Waals surface area contributed by atoms with Crippen molar-refractivity contribution in [2.45, 2.75) is 19.3 Å². The van der Waals surface area contributed by atoms with E-state index in [1.165, 1.54) is 11.3 Å². The standard InChI is InChI=1S/C49H41N2O2/c1-49(2)43-22-14-15-23-44(43)50(3)47(49)29-26-38-30-40(33-42(48(38)52)35-16-8-5-9-17-35)51-45(36-18-10-6-11-19-36)31-39(34-24-27-41(53-4)28-25-34)32-46(51)37-20-12-7-13-21-37/h5-33H,1-4H3/q+1/b38-26-,47-29-. The lowest BCUT2D eigenvalue weighted by Crippen LogP contribution is -2.38. The number of likely N-dealkylation sites (N-methyl/N-ethyl adjacent to an activating group) is 1. The molecule has 258 valence electrons. The van der Waals surface area contributed by atoms with E-state index in [0.717, 1.165) is 56.3 Å². The number of methoxy groups -OCH3 is 1. The highest BCUT2D eigenvalue weighted by Gasteiger charge is 2.38. The molecule has 0 spiro atoms. The van der Waals surface area contributed by atoms with Crippen LogP contribution in [0.15, 0.2) is 187 Å². The number of ether oxygens (including phenoxy) is 1. The van der Waals surface area contributed by atoms with Crippen molar-refractivity contribution in [2.75, 3.05) is 19.1 Å². The number of fused-ring (bicyclic) bond motifs is 1. The lowest BCUT2D eigenvalue weighted by atomic mass is 9.83. The summed E-state index contributed by atoms with van der Waals surface area (Å²) in [5.41, 5.74) is 12.7. The molecule has 1 aromatic heterocycles. The summed E-state index contributed by atoms with van der Waals surface area (Å²) in [6.07, 6.45) is 8.24. The third-order valence-corrected chi connectivity index (χ3v) is 10.4. The molecule has 1 aliphatic carbocycles. The highest BCUT2D eigenvalue weighted by Crippen LogP contribution is 2.47. The number of pyridine rings is 1. The topological polar surface area (TPSA) is 33.4 Å². The van der Waals surface area contributed by atoms with Crippen LogP contribution in [0.3, 0.4) is 0 Å². The number of hydrogen-bond acceptors (Lipinski definition) is 3. The second-order valence-corrected chi connectivity index (χ2v) is 14.0. The summed E-state index contributed by atoms with van der Waals surface area (Å²) >= 11 is 0. The quantitative estimate of drug-likeness (QED) is 0.124. The molecule has 1 aliphatic heterocycles. The zero-order valence-corrected chi connectivity index (χ0v) is 30.5. The molecule has 0 N–H and O–H groups in total. The van der Waals surface area contributed by atoms with Crippen molar-refractivity contribution in [3.63, 3.8) is 0 Å². The van der Waals surface area contributed by atoms with Crippen LogP contribution in [0.2, 0.25) is 0 Å². The van der Waals surface area contributed by atoms with E-state index in [9.17, 15) is 4.79 Å². The van der Waals surface area contributed by atoms with Crippen LogP contribution < -0.4 is 14.2 Å². The molecule has 4 nitrogen and oxygen atoms in total. The predicted octanol–water partition coefficient (Wildman–Crippen LogP) is 10.7. The van der Waals surface area contributed by atoms with E-state index in [2.05, 4.69) is 140 Å². The molecule has 0 saturated heterocycles. The minimum absolute atomic E-state index is 0.00857. The van der Waals surface area contributed by atoms with Gasteiger partial charge in [0.1, 0.15) is 5.75 Å². The number of anilines is 1. The van der Waals surface area contributed by atoms with E-state index in [1.807, 2.05) is 66.7 Å². The maximum Gasteiger partial charge on any atom is 0.219 e. The molecule has 0 fully saturated rings. The fourth-order valence-corrected chi connectivity index (χ4v) is 7.66. The molecule has 0 atom stereocenters. The van der Waals surface area contributed by atoms with Crippen molar-refractivity contribution in [1.82, 2.24) is 0 Å². The minimum Gasteiger partial charge on any atom is -0.497 e. The van der Waals surface area contributed by atoms with Crippen molar-refractivity contribution in [3.8, 4) is 39.4 Å². The fraction of sp³-hybridized carbons (Fsp3) is 0.102. The Labute approximate surface area is 312 Å². The molecular formula is C49H41N2O2+. The van der Waals surface area contributed by atoms with Gasteiger partial charge in [-0.05, 0) is 76.9 Å². The first-order chi connectivity index (χ1) is 25.8. The molecule has 4 heteroatoms. The first-order valence-corrected chi connectivity index (χ1v) is 18.0. The average molecular weight is 690 g/mol. The molecular weight excluding hydrogens is 649 g/mol. The van der Waals surface area contributed by atoms with E-state index in [-0.39, 0.29) is 11.2 Å². The highest BCUT2D eigenvalue weighted by atomic mass is 16.5. The summed E-state index contributed by atoms with van der Waals surface area (Å²) in [5.74, 6) is 0.804. The van der Waals surface area contributed by atoms with Gasteiger partial charge in [-0.1, -0.05) is 111 Å². The Morgan fingerprint density at radius 1 is 0.604 bits per heavy atom. The predicted molar refractivity (Wildman–Crippen MR) is 217 cm³/mol. The van der Waals surface area contributed by atoms with Gasteiger partial charge in [0, 0.05) is 70.4 Å². The number of nitrogens with zero attached hydrogens (tertiary/aromatic N) is 2. The van der Waals surface area contributed by atoms with Gasteiger partial charge in [0.05, 0.1) is 7.11 Å². The van der Waals surface area contributed by atoms with Crippen molar-refractivity contribution in [2.24, 2.45) is 0 Å². The summed E-state index contributed by atoms with van der Waals surface area (Å²) in [4.78, 5) is 16.8. The minimum atomic E-state index is -0.224. The Balaban J connectivity index is 1.39. The summed E-state index contributed by atoms with van der Waals surface area (Å²) in [7, 11) is 3.79. The van der Waals surface area contributed by atoms with Gasteiger partial charge in [-0.25, -0.2) is 0 Å². The molecule has 0 bridgehead atoms. The van der Waals surface area contributed by atoms with Crippen LogP contribution in [0.25, 0.3) is 44.9 Å². The summed E-state index contributed by atoms with van der Waals surface area (Å²) in [6.45, 7) is 4.49. The second-order valence-electron chi connectivity index (χ2n) is 14.0. The maximum atomic E-state index is 14.5. The van der Waals surface area contributed by atoms with Crippen molar-refractivity contribution >= 4 is 22.7 Å². The summed E-state index contributed by atoms with van der Waals surface area (Å²) in [5, 5.41) is 0. The van der Waals surface area contributed by atoms with E-state index in [0.29, 0.717) is 11.1 Å². The number of carbonyl (C=O) groups is 1. The molecule has 0 radical (unpaired) electrons. The van der Waals surface area contributed by atoms with Gasteiger partial charge < -0.3 is 9.64 Å². The Kier molecular flexibility index (Phi) is 8.81. The first-order valence-electron chi connectivity index (χ1n) is 18.0. The number of Topliss-reactive ketones (excluding diaryl/α,β-unsaturated/α-hetero) is 1. The van der Waals surface area contributed by atoms with Gasteiger partial charge in [0.2, 0.25) is 17.1 Å². The van der Waals surface area contributed by atoms with Gasteiger partial charge in [0.25, 0.3) is 0 Å². The number of rotatable bonds is 7. The Bertz CT molecular complexity index is 2390. The second kappa shape index (κ2) is 13.9. The third-order valence-electron chi connectivity index (χ3n) is 10.4. The van der Waals surface area contributed by atoms with E-state index in [4.69, 9.17) is 4.74 Å². The number of para-hydroxylation sites is 1. The zero-order valence-electron chi connectivity index (χ0n) is 30.5. The SMILES string of the molecule is COc1ccc(-c2cc(-c3ccccc3)[n+](C3=C/C(=C/C=C4\N(C)c5ccccc5C4(C)C)C(=O)C(c4ccccc4)=C3)c(-c3ccccc3)c2)cc1. The molecule has 0 unspecified atom stereocenters. The number of hydrogen-bond donors (Lipinski definition) is 0. The number of ketones is 1. The summed E-state index contributed by atoms with van der Waals surface area (Å²) in [6, 6.07) is 52.1. The average Bonchev–Trinajstić information content (AvgIpc) is 3.41. The number of allylic oxidation sites excluding steroid dienone is 8. The first kappa shape index (κ1) is 33.6. The molecule has 8 rings (SSSR count). The molecule has 2 heterocycles. The normalized spacial score (nSPS) is 16.4. The molecule has 0 saturated carbocycles. The largest absolute Gasteiger partial charge is 0.497 e. The van der Waals surface area contributed by atoms with Crippen LogP contribution >= 0.6 is 0 Å². The molecule has 6 aromatic rings. The lowest BCUT2D eigenvalue weighted by Gasteiger charge is -2.24. The number of carbonyl (C=O) groups excluding carboxylic acids is 1.